The summed E-state index contributed by atoms with van der Waals surface area (Å²) < 4.78 is 48.0. The van der Waals surface area contributed by atoms with Gasteiger partial charge in [0.25, 0.3) is 5.19 Å². The minimum atomic E-state index is -4.48. The van der Waals surface area contributed by atoms with E-state index in [1.54, 1.807) is 20.8 Å². The van der Waals surface area contributed by atoms with Gasteiger partial charge >= 0.3 is 12.3 Å². The van der Waals surface area contributed by atoms with Gasteiger partial charge in [0.2, 0.25) is 0 Å². The van der Waals surface area contributed by atoms with Crippen LogP contribution < -0.4 is 4.74 Å². The Kier molecular flexibility index (Phi) is 4.55. The zero-order valence-corrected chi connectivity index (χ0v) is 13.3. The minimum absolute atomic E-state index is 0.0386. The molecule has 2 rings (SSSR count). The molecule has 1 aliphatic heterocycles. The molecule has 0 aliphatic carbocycles. The van der Waals surface area contributed by atoms with E-state index in [0.29, 0.717) is 13.0 Å². The van der Waals surface area contributed by atoms with Gasteiger partial charge in [-0.15, -0.1) is 0 Å². The van der Waals surface area contributed by atoms with Gasteiger partial charge in [-0.05, 0) is 20.8 Å². The van der Waals surface area contributed by atoms with Crippen LogP contribution in [0.5, 0.6) is 5.19 Å². The lowest BCUT2D eigenvalue weighted by molar-refractivity contribution is -0.140. The third-order valence-electron chi connectivity index (χ3n) is 2.84. The zero-order chi connectivity index (χ0) is 16.5. The van der Waals surface area contributed by atoms with E-state index >= 15 is 0 Å². The molecule has 0 radical (unpaired) electrons. The lowest BCUT2D eigenvalue weighted by Gasteiger charge is -2.24. The quantitative estimate of drug-likeness (QED) is 0.827. The number of hydrogen-bond donors (Lipinski definition) is 0. The summed E-state index contributed by atoms with van der Waals surface area (Å²) in [6, 6.07) is 0. The Balaban J connectivity index is 1.89. The molecule has 1 aromatic rings. The van der Waals surface area contributed by atoms with Gasteiger partial charge in [0.1, 0.15) is 11.7 Å². The van der Waals surface area contributed by atoms with Crippen LogP contribution in [0.3, 0.4) is 0 Å². The Bertz CT molecular complexity index is 539. The summed E-state index contributed by atoms with van der Waals surface area (Å²) in [6.45, 7) is 6.02. The van der Waals surface area contributed by atoms with Crippen LogP contribution in [-0.4, -0.2) is 40.8 Å². The normalized spacial score (nSPS) is 19.4. The molecule has 1 amide bonds. The number of carbonyl (C=O) groups excluding carboxylic acids is 1. The molecule has 0 N–H and O–H groups in total. The summed E-state index contributed by atoms with van der Waals surface area (Å²) in [5.41, 5.74) is -1.55. The number of nitrogens with zero attached hydrogens (tertiary/aromatic N) is 2. The van der Waals surface area contributed by atoms with Crippen LogP contribution in [0, 0.1) is 0 Å². The summed E-state index contributed by atoms with van der Waals surface area (Å²) in [7, 11) is 0. The third-order valence-corrected chi connectivity index (χ3v) is 3.57. The standard InChI is InChI=1S/C13H17F3N2O3S/c1-12(2,3)21-11(19)18-5-4-8(6-18)20-10-17-9(7-22-10)13(14,15)16/h7-8H,4-6H2,1-3H3. The first-order chi connectivity index (χ1) is 10.0. The first-order valence-corrected chi connectivity index (χ1v) is 7.60. The van der Waals surface area contributed by atoms with E-state index < -0.39 is 23.6 Å². The number of ether oxygens (including phenoxy) is 2. The van der Waals surface area contributed by atoms with Crippen LogP contribution in [-0.2, 0) is 10.9 Å². The molecule has 2 heterocycles. The predicted molar refractivity (Wildman–Crippen MR) is 74.0 cm³/mol. The highest BCUT2D eigenvalue weighted by Crippen LogP contribution is 2.33. The van der Waals surface area contributed by atoms with Gasteiger partial charge in [0.05, 0.1) is 6.54 Å². The monoisotopic (exact) mass is 338 g/mol. The molecular weight excluding hydrogens is 321 g/mol. The van der Waals surface area contributed by atoms with Gasteiger partial charge in [-0.2, -0.15) is 18.2 Å². The number of likely N-dealkylation sites (tertiary alicyclic amines) is 1. The summed E-state index contributed by atoms with van der Waals surface area (Å²) >= 11 is 0.795. The van der Waals surface area contributed by atoms with E-state index in [1.165, 1.54) is 4.90 Å². The van der Waals surface area contributed by atoms with Crippen LogP contribution in [0.2, 0.25) is 0 Å². The fourth-order valence-electron chi connectivity index (χ4n) is 1.90. The van der Waals surface area contributed by atoms with Gasteiger partial charge in [-0.25, -0.2) is 4.79 Å². The second-order valence-corrected chi connectivity index (χ2v) is 6.77. The molecular formula is C13H17F3N2O3S. The molecule has 1 atom stereocenters. The van der Waals surface area contributed by atoms with Gasteiger partial charge in [0, 0.05) is 18.3 Å². The summed E-state index contributed by atoms with van der Waals surface area (Å²) in [5, 5.41) is 0.874. The van der Waals surface area contributed by atoms with Crippen molar-refractivity contribution in [3.8, 4) is 5.19 Å². The highest BCUT2D eigenvalue weighted by molar-refractivity contribution is 7.11. The molecule has 0 bridgehead atoms. The Morgan fingerprint density at radius 1 is 1.41 bits per heavy atom. The van der Waals surface area contributed by atoms with Crippen molar-refractivity contribution in [2.75, 3.05) is 13.1 Å². The van der Waals surface area contributed by atoms with Crippen molar-refractivity contribution in [2.45, 2.75) is 45.1 Å². The van der Waals surface area contributed by atoms with Crippen molar-refractivity contribution < 1.29 is 27.4 Å². The molecule has 9 heteroatoms. The Labute approximate surface area is 130 Å². The molecule has 1 fully saturated rings. The van der Waals surface area contributed by atoms with Crippen molar-refractivity contribution >= 4 is 17.4 Å². The first-order valence-electron chi connectivity index (χ1n) is 6.72. The van der Waals surface area contributed by atoms with Gasteiger partial charge in [-0.3, -0.25) is 0 Å². The molecule has 124 valence electrons. The molecule has 1 aliphatic rings. The number of halogens is 3. The highest BCUT2D eigenvalue weighted by atomic mass is 32.1. The average molecular weight is 338 g/mol. The second-order valence-electron chi connectivity index (χ2n) is 5.95. The number of amides is 1. The van der Waals surface area contributed by atoms with Crippen molar-refractivity contribution in [1.82, 2.24) is 9.88 Å². The zero-order valence-electron chi connectivity index (χ0n) is 12.4. The average Bonchev–Trinajstić information content (AvgIpc) is 2.95. The maximum atomic E-state index is 12.5. The molecule has 0 aromatic carbocycles. The Morgan fingerprint density at radius 3 is 2.64 bits per heavy atom. The number of rotatable bonds is 2. The SMILES string of the molecule is CC(C)(C)OC(=O)N1CCC(Oc2nc(C(F)(F)F)cs2)C1. The van der Waals surface area contributed by atoms with Crippen molar-refractivity contribution in [3.63, 3.8) is 0 Å². The van der Waals surface area contributed by atoms with Crippen molar-refractivity contribution in [1.29, 1.82) is 0 Å². The lowest BCUT2D eigenvalue weighted by atomic mass is 10.2. The number of carbonyl (C=O) groups is 1. The third kappa shape index (κ3) is 4.49. The maximum Gasteiger partial charge on any atom is 0.434 e. The maximum absolute atomic E-state index is 12.5. The number of alkyl halides is 3. The van der Waals surface area contributed by atoms with Crippen LogP contribution in [0.1, 0.15) is 32.9 Å². The number of hydrogen-bond acceptors (Lipinski definition) is 5. The Hall–Kier alpha value is -1.51. The van der Waals surface area contributed by atoms with Crippen LogP contribution in [0.25, 0.3) is 0 Å². The smallest absolute Gasteiger partial charge is 0.434 e. The molecule has 1 unspecified atom stereocenters. The first kappa shape index (κ1) is 16.9. The van der Waals surface area contributed by atoms with E-state index in [-0.39, 0.29) is 17.8 Å². The summed E-state index contributed by atoms with van der Waals surface area (Å²) in [4.78, 5) is 16.8. The molecule has 1 saturated heterocycles. The van der Waals surface area contributed by atoms with E-state index in [4.69, 9.17) is 9.47 Å². The Morgan fingerprint density at radius 2 is 2.09 bits per heavy atom. The van der Waals surface area contributed by atoms with Crippen LogP contribution in [0.4, 0.5) is 18.0 Å². The highest BCUT2D eigenvalue weighted by Gasteiger charge is 2.35. The summed E-state index contributed by atoms with van der Waals surface area (Å²) in [5.74, 6) is 0. The molecule has 1 aromatic heterocycles. The fourth-order valence-corrected chi connectivity index (χ4v) is 2.64. The number of aromatic nitrogens is 1. The molecule has 0 saturated carbocycles. The van der Waals surface area contributed by atoms with Crippen LogP contribution >= 0.6 is 11.3 Å². The van der Waals surface area contributed by atoms with Gasteiger partial charge in [-0.1, -0.05) is 11.3 Å². The second kappa shape index (κ2) is 5.94. The largest absolute Gasteiger partial charge is 0.465 e. The molecule has 5 nitrogen and oxygen atoms in total. The topological polar surface area (TPSA) is 51.7 Å². The van der Waals surface area contributed by atoms with E-state index in [1.807, 2.05) is 0 Å². The summed E-state index contributed by atoms with van der Waals surface area (Å²) in [6.07, 6.45) is -4.77. The molecule has 22 heavy (non-hydrogen) atoms. The number of thiazole rings is 1. The minimum Gasteiger partial charge on any atom is -0.465 e. The molecule has 0 spiro atoms. The van der Waals surface area contributed by atoms with E-state index in [9.17, 15) is 18.0 Å². The van der Waals surface area contributed by atoms with Crippen molar-refractivity contribution in [3.05, 3.63) is 11.1 Å². The lowest BCUT2D eigenvalue weighted by Crippen LogP contribution is -2.36. The van der Waals surface area contributed by atoms with Crippen LogP contribution in [0.15, 0.2) is 5.38 Å². The fraction of sp³-hybridized carbons (Fsp3) is 0.692. The van der Waals surface area contributed by atoms with E-state index in [0.717, 1.165) is 16.7 Å². The van der Waals surface area contributed by atoms with Gasteiger partial charge in [0.15, 0.2) is 5.69 Å². The predicted octanol–water partition coefficient (Wildman–Crippen LogP) is 3.55. The van der Waals surface area contributed by atoms with Gasteiger partial charge < -0.3 is 14.4 Å². The van der Waals surface area contributed by atoms with Crippen molar-refractivity contribution in [2.24, 2.45) is 0 Å². The van der Waals surface area contributed by atoms with E-state index in [2.05, 4.69) is 4.98 Å².